The molecule has 1 atom stereocenters. The van der Waals surface area contributed by atoms with Gasteiger partial charge in [0.15, 0.2) is 0 Å². The Morgan fingerprint density at radius 3 is 2.50 bits per heavy atom. The maximum Gasteiger partial charge on any atom is 0.308 e. The van der Waals surface area contributed by atoms with Gasteiger partial charge in [-0.3, -0.25) is 9.59 Å². The van der Waals surface area contributed by atoms with E-state index in [2.05, 4.69) is 20.7 Å². The van der Waals surface area contributed by atoms with Crippen molar-refractivity contribution in [2.24, 2.45) is 5.92 Å². The Morgan fingerprint density at radius 2 is 1.82 bits per heavy atom. The molecule has 2 aromatic carbocycles. The van der Waals surface area contributed by atoms with Crippen LogP contribution in [0.25, 0.3) is 11.4 Å². The number of carboxylic acids is 1. The number of aromatic nitrogens is 4. The summed E-state index contributed by atoms with van der Waals surface area (Å²) in [4.78, 5) is 24.8. The van der Waals surface area contributed by atoms with Crippen LogP contribution in [0.5, 0.6) is 0 Å². The van der Waals surface area contributed by atoms with Gasteiger partial charge in [0.25, 0.3) is 0 Å². The number of carbonyl (C=O) groups excluding carboxylic acids is 1. The first-order chi connectivity index (χ1) is 13.5. The number of carboxylic acid groups (broad SMARTS) is 1. The lowest BCUT2D eigenvalue weighted by Crippen LogP contribution is -2.36. The van der Waals surface area contributed by atoms with Crippen LogP contribution < -0.4 is 5.32 Å². The van der Waals surface area contributed by atoms with E-state index < -0.39 is 11.9 Å². The van der Waals surface area contributed by atoms with Crippen molar-refractivity contribution in [3.63, 3.8) is 0 Å². The van der Waals surface area contributed by atoms with E-state index >= 15 is 0 Å². The van der Waals surface area contributed by atoms with Crippen molar-refractivity contribution in [2.75, 3.05) is 6.54 Å². The average Bonchev–Trinajstić information content (AvgIpc) is 3.14. The number of nitrogens with zero attached hydrogens (tertiary/aromatic N) is 4. The molecular formula is C20H21N5O3. The van der Waals surface area contributed by atoms with Crippen molar-refractivity contribution in [2.45, 2.75) is 19.9 Å². The molecule has 1 heterocycles. The molecule has 0 saturated carbocycles. The molecule has 8 heteroatoms. The maximum absolute atomic E-state index is 12.1. The maximum atomic E-state index is 12.1. The second-order valence-electron chi connectivity index (χ2n) is 6.54. The normalized spacial score (nSPS) is 11.8. The molecule has 3 rings (SSSR count). The molecule has 0 aliphatic carbocycles. The number of aliphatic carboxylic acids is 1. The number of amides is 1. The molecule has 0 bridgehead atoms. The zero-order valence-corrected chi connectivity index (χ0v) is 15.4. The highest BCUT2D eigenvalue weighted by Gasteiger charge is 2.19. The lowest BCUT2D eigenvalue weighted by atomic mass is 9.99. The van der Waals surface area contributed by atoms with Crippen LogP contribution in [0.3, 0.4) is 0 Å². The highest BCUT2D eigenvalue weighted by atomic mass is 16.4. The summed E-state index contributed by atoms with van der Waals surface area (Å²) in [6.45, 7) is 1.89. The molecule has 3 aromatic rings. The fourth-order valence-corrected chi connectivity index (χ4v) is 2.70. The van der Waals surface area contributed by atoms with Gasteiger partial charge in [0.05, 0.1) is 5.92 Å². The van der Waals surface area contributed by atoms with Gasteiger partial charge in [-0.2, -0.15) is 4.80 Å². The third-order valence-corrected chi connectivity index (χ3v) is 4.27. The number of aryl methyl sites for hydroxylation is 1. The summed E-state index contributed by atoms with van der Waals surface area (Å²) in [5.74, 6) is -1.60. The van der Waals surface area contributed by atoms with Gasteiger partial charge in [0.2, 0.25) is 11.7 Å². The number of hydrogen-bond donors (Lipinski definition) is 2. The van der Waals surface area contributed by atoms with E-state index in [0.717, 1.165) is 16.7 Å². The Kier molecular flexibility index (Phi) is 6.11. The Bertz CT molecular complexity index is 938. The van der Waals surface area contributed by atoms with E-state index in [4.69, 9.17) is 0 Å². The minimum atomic E-state index is -0.954. The number of carbonyl (C=O) groups is 2. The molecule has 8 nitrogen and oxygen atoms in total. The highest BCUT2D eigenvalue weighted by molar-refractivity contribution is 5.77. The van der Waals surface area contributed by atoms with E-state index in [9.17, 15) is 14.7 Å². The molecule has 1 aromatic heterocycles. The molecule has 0 fully saturated rings. The van der Waals surface area contributed by atoms with E-state index in [1.54, 1.807) is 0 Å². The molecule has 0 aliphatic heterocycles. The Labute approximate surface area is 162 Å². The molecule has 28 heavy (non-hydrogen) atoms. The van der Waals surface area contributed by atoms with Gasteiger partial charge >= 0.3 is 5.97 Å². The van der Waals surface area contributed by atoms with Gasteiger partial charge in [-0.15, -0.1) is 10.2 Å². The lowest BCUT2D eigenvalue weighted by molar-refractivity contribution is -0.141. The summed E-state index contributed by atoms with van der Waals surface area (Å²) >= 11 is 0. The minimum absolute atomic E-state index is 0.0303. The number of tetrazole rings is 1. The van der Waals surface area contributed by atoms with Crippen molar-refractivity contribution < 1.29 is 14.7 Å². The zero-order valence-electron chi connectivity index (χ0n) is 15.4. The van der Waals surface area contributed by atoms with Gasteiger partial charge in [-0.1, -0.05) is 60.2 Å². The molecule has 0 spiro atoms. The van der Waals surface area contributed by atoms with Crippen LogP contribution >= 0.6 is 0 Å². The Morgan fingerprint density at radius 1 is 1.11 bits per heavy atom. The van der Waals surface area contributed by atoms with Crippen LogP contribution in [0.1, 0.15) is 11.1 Å². The smallest absolute Gasteiger partial charge is 0.308 e. The standard InChI is InChI=1S/C20H21N5O3/c1-14-7-9-16(10-8-14)19-22-24-25(23-19)13-18(26)21-12-17(20(27)28)11-15-5-3-2-4-6-15/h2-10,17H,11-13H2,1H3,(H,21,26)(H,27,28). The van der Waals surface area contributed by atoms with Gasteiger partial charge in [-0.05, 0) is 24.1 Å². The minimum Gasteiger partial charge on any atom is -0.481 e. The number of nitrogens with one attached hydrogen (secondary N) is 1. The van der Waals surface area contributed by atoms with E-state index in [0.29, 0.717) is 12.2 Å². The van der Waals surface area contributed by atoms with Crippen LogP contribution in [0.2, 0.25) is 0 Å². The molecule has 0 radical (unpaired) electrons. The summed E-state index contributed by atoms with van der Waals surface area (Å²) in [6, 6.07) is 17.0. The molecule has 0 saturated heterocycles. The SMILES string of the molecule is Cc1ccc(-c2nnn(CC(=O)NCC(Cc3ccccc3)C(=O)O)n2)cc1. The van der Waals surface area contributed by atoms with Gasteiger partial charge in [0, 0.05) is 12.1 Å². The average molecular weight is 379 g/mol. The third kappa shape index (κ3) is 5.23. The fraction of sp³-hybridized carbons (Fsp3) is 0.250. The van der Waals surface area contributed by atoms with E-state index in [1.807, 2.05) is 61.5 Å². The van der Waals surface area contributed by atoms with Crippen molar-refractivity contribution in [3.8, 4) is 11.4 Å². The second-order valence-corrected chi connectivity index (χ2v) is 6.54. The largest absolute Gasteiger partial charge is 0.481 e. The van der Waals surface area contributed by atoms with Crippen LogP contribution in [0.4, 0.5) is 0 Å². The van der Waals surface area contributed by atoms with Gasteiger partial charge in [0.1, 0.15) is 6.54 Å². The van der Waals surface area contributed by atoms with Crippen LogP contribution in [0, 0.1) is 12.8 Å². The predicted molar refractivity (Wildman–Crippen MR) is 102 cm³/mol. The van der Waals surface area contributed by atoms with Crippen LogP contribution in [-0.2, 0) is 22.6 Å². The van der Waals surface area contributed by atoms with Crippen molar-refractivity contribution >= 4 is 11.9 Å². The summed E-state index contributed by atoms with van der Waals surface area (Å²) in [5.41, 5.74) is 2.84. The summed E-state index contributed by atoms with van der Waals surface area (Å²) in [6.07, 6.45) is 0.343. The molecule has 1 unspecified atom stereocenters. The first-order valence-corrected chi connectivity index (χ1v) is 8.89. The Hall–Kier alpha value is -3.55. The van der Waals surface area contributed by atoms with Crippen LogP contribution in [0.15, 0.2) is 54.6 Å². The molecule has 144 valence electrons. The molecular weight excluding hydrogens is 358 g/mol. The van der Waals surface area contributed by atoms with Crippen LogP contribution in [-0.4, -0.2) is 43.7 Å². The molecule has 2 N–H and O–H groups in total. The van der Waals surface area contributed by atoms with Crippen molar-refractivity contribution in [3.05, 3.63) is 65.7 Å². The summed E-state index contributed by atoms with van der Waals surface area (Å²) in [5, 5.41) is 24.1. The number of rotatable bonds is 8. The topological polar surface area (TPSA) is 110 Å². The van der Waals surface area contributed by atoms with E-state index in [-0.39, 0.29) is 19.0 Å². The summed E-state index contributed by atoms with van der Waals surface area (Å²) in [7, 11) is 0. The molecule has 0 aliphatic rings. The number of benzene rings is 2. The zero-order chi connectivity index (χ0) is 19.9. The lowest BCUT2D eigenvalue weighted by Gasteiger charge is -2.13. The third-order valence-electron chi connectivity index (χ3n) is 4.27. The van der Waals surface area contributed by atoms with E-state index in [1.165, 1.54) is 4.80 Å². The second kappa shape index (κ2) is 8.90. The highest BCUT2D eigenvalue weighted by Crippen LogP contribution is 2.14. The molecule has 1 amide bonds. The monoisotopic (exact) mass is 379 g/mol. The first kappa shape index (κ1) is 19.2. The van der Waals surface area contributed by atoms with Gasteiger partial charge < -0.3 is 10.4 Å². The van der Waals surface area contributed by atoms with Gasteiger partial charge in [-0.25, -0.2) is 0 Å². The number of hydrogen-bond acceptors (Lipinski definition) is 5. The summed E-state index contributed by atoms with van der Waals surface area (Å²) < 4.78 is 0. The Balaban J connectivity index is 1.54. The van der Waals surface area contributed by atoms with Crippen molar-refractivity contribution in [1.82, 2.24) is 25.5 Å². The fourth-order valence-electron chi connectivity index (χ4n) is 2.70. The van der Waals surface area contributed by atoms with Crippen molar-refractivity contribution in [1.29, 1.82) is 0 Å². The first-order valence-electron chi connectivity index (χ1n) is 8.89. The quantitative estimate of drug-likeness (QED) is 0.616. The predicted octanol–water partition coefficient (Wildman–Crippen LogP) is 1.71.